The lowest BCUT2D eigenvalue weighted by Crippen LogP contribution is -2.42. The van der Waals surface area contributed by atoms with E-state index in [4.69, 9.17) is 0 Å². The smallest absolute Gasteiger partial charge is 0.231 e. The lowest BCUT2D eigenvalue weighted by Gasteiger charge is -2.34. The largest absolute Gasteiger partial charge is 0.356 e. The predicted molar refractivity (Wildman–Crippen MR) is 141 cm³/mol. The Morgan fingerprint density at radius 1 is 0.914 bits per heavy atom. The van der Waals surface area contributed by atoms with Gasteiger partial charge in [0.1, 0.15) is 0 Å². The van der Waals surface area contributed by atoms with Gasteiger partial charge in [0, 0.05) is 43.9 Å². The van der Waals surface area contributed by atoms with Gasteiger partial charge < -0.3 is 10.2 Å². The number of amides is 2. The van der Waals surface area contributed by atoms with Crippen molar-refractivity contribution in [2.24, 2.45) is 0 Å². The molecule has 2 amide bonds. The van der Waals surface area contributed by atoms with E-state index in [2.05, 4.69) is 22.4 Å². The van der Waals surface area contributed by atoms with Crippen LogP contribution in [0.5, 0.6) is 0 Å². The summed E-state index contributed by atoms with van der Waals surface area (Å²) in [5.74, 6) is -0.805. The van der Waals surface area contributed by atoms with Crippen LogP contribution in [0.4, 0.5) is 0 Å². The Hall–Kier alpha value is -3.47. The van der Waals surface area contributed by atoms with E-state index in [1.54, 1.807) is 12.4 Å². The highest BCUT2D eigenvalue weighted by molar-refractivity contribution is 5.87. The van der Waals surface area contributed by atoms with Crippen LogP contribution in [0.3, 0.4) is 0 Å². The summed E-state index contributed by atoms with van der Waals surface area (Å²) in [7, 11) is 0. The molecular formula is C30H37N3O2. The number of aromatic nitrogens is 1. The van der Waals surface area contributed by atoms with Crippen molar-refractivity contribution in [3.05, 3.63) is 102 Å². The number of pyridine rings is 1. The van der Waals surface area contributed by atoms with E-state index in [1.807, 2.05) is 86.3 Å². The van der Waals surface area contributed by atoms with Gasteiger partial charge in [0.25, 0.3) is 0 Å². The summed E-state index contributed by atoms with van der Waals surface area (Å²) in [5.41, 5.74) is 3.08. The number of likely N-dealkylation sites (N-methyl/N-ethyl adjacent to an activating group) is 1. The van der Waals surface area contributed by atoms with E-state index in [1.165, 1.54) is 5.56 Å². The second-order valence-corrected chi connectivity index (χ2v) is 9.14. The van der Waals surface area contributed by atoms with Gasteiger partial charge in [-0.2, -0.15) is 0 Å². The van der Waals surface area contributed by atoms with Crippen LogP contribution < -0.4 is 5.32 Å². The monoisotopic (exact) mass is 471 g/mol. The molecule has 2 atom stereocenters. The lowest BCUT2D eigenvalue weighted by atomic mass is 9.78. The molecule has 3 aromatic rings. The molecule has 0 saturated heterocycles. The van der Waals surface area contributed by atoms with E-state index in [0.29, 0.717) is 13.1 Å². The van der Waals surface area contributed by atoms with Crippen LogP contribution in [0.1, 0.15) is 62.1 Å². The van der Waals surface area contributed by atoms with Crippen LogP contribution in [-0.2, 0) is 16.0 Å². The summed E-state index contributed by atoms with van der Waals surface area (Å²) < 4.78 is 0. The van der Waals surface area contributed by atoms with Crippen molar-refractivity contribution in [3.63, 3.8) is 0 Å². The zero-order chi connectivity index (χ0) is 25.0. The number of hydrogen-bond donors (Lipinski definition) is 1. The Labute approximate surface area is 209 Å². The Morgan fingerprint density at radius 2 is 1.57 bits per heavy atom. The van der Waals surface area contributed by atoms with E-state index in [9.17, 15) is 9.59 Å². The number of carbonyl (C=O) groups excluding carboxylic acids is 2. The molecule has 5 nitrogen and oxygen atoms in total. The van der Waals surface area contributed by atoms with E-state index in [-0.39, 0.29) is 30.2 Å². The second-order valence-electron chi connectivity index (χ2n) is 9.14. The minimum Gasteiger partial charge on any atom is -0.356 e. The number of rotatable bonds is 12. The molecule has 2 unspecified atom stereocenters. The third kappa shape index (κ3) is 7.51. The summed E-state index contributed by atoms with van der Waals surface area (Å²) in [5, 5.41) is 3.08. The molecule has 1 heterocycles. The maximum absolute atomic E-state index is 13.9. The molecule has 1 N–H and O–H groups in total. The zero-order valence-corrected chi connectivity index (χ0v) is 21.1. The molecule has 0 spiro atoms. The molecule has 1 aromatic heterocycles. The van der Waals surface area contributed by atoms with Crippen molar-refractivity contribution in [2.45, 2.75) is 57.9 Å². The first-order chi connectivity index (χ1) is 17.0. The van der Waals surface area contributed by atoms with Crippen molar-refractivity contribution in [3.8, 4) is 0 Å². The summed E-state index contributed by atoms with van der Waals surface area (Å²) in [6, 6.07) is 24.0. The van der Waals surface area contributed by atoms with Crippen molar-refractivity contribution < 1.29 is 9.59 Å². The maximum Gasteiger partial charge on any atom is 0.231 e. The highest BCUT2D eigenvalue weighted by Gasteiger charge is 2.36. The molecule has 0 radical (unpaired) electrons. The van der Waals surface area contributed by atoms with Gasteiger partial charge in [-0.05, 0) is 56.4 Å². The average Bonchev–Trinajstić information content (AvgIpc) is 2.88. The van der Waals surface area contributed by atoms with Gasteiger partial charge in [0.15, 0.2) is 0 Å². The van der Waals surface area contributed by atoms with Crippen LogP contribution >= 0.6 is 0 Å². The molecule has 3 rings (SSSR count). The molecule has 0 aliphatic rings. The molecule has 0 aliphatic carbocycles. The topological polar surface area (TPSA) is 62.3 Å². The van der Waals surface area contributed by atoms with Crippen LogP contribution in [0.2, 0.25) is 0 Å². The number of benzene rings is 2. The first-order valence-corrected chi connectivity index (χ1v) is 12.6. The standard InChI is InChI=1S/C30H37N3O2/c1-4-33(23(2)3)30(35)29(26-18-12-19-31-22-26)27(25-16-9-6-10-17-25)21-28(34)32-20-11-15-24-13-7-5-8-14-24/h5-10,12-14,16-19,22-23,27,29H,4,11,15,20-21H2,1-3H3,(H,32,34). The fourth-order valence-electron chi connectivity index (χ4n) is 4.63. The molecule has 0 bridgehead atoms. The summed E-state index contributed by atoms with van der Waals surface area (Å²) in [4.78, 5) is 33.2. The molecule has 0 aliphatic heterocycles. The first kappa shape index (κ1) is 26.1. The van der Waals surface area contributed by atoms with Gasteiger partial charge >= 0.3 is 0 Å². The van der Waals surface area contributed by atoms with Crippen LogP contribution in [0.15, 0.2) is 85.2 Å². The Balaban J connectivity index is 1.81. The zero-order valence-electron chi connectivity index (χ0n) is 21.1. The van der Waals surface area contributed by atoms with Crippen molar-refractivity contribution in [2.75, 3.05) is 13.1 Å². The van der Waals surface area contributed by atoms with Gasteiger partial charge in [-0.15, -0.1) is 0 Å². The summed E-state index contributed by atoms with van der Waals surface area (Å²) in [6.07, 6.45) is 5.48. The van der Waals surface area contributed by atoms with Crippen LogP contribution in [0, 0.1) is 0 Å². The van der Waals surface area contributed by atoms with E-state index < -0.39 is 5.92 Å². The van der Waals surface area contributed by atoms with Crippen molar-refractivity contribution in [1.29, 1.82) is 0 Å². The maximum atomic E-state index is 13.9. The molecule has 184 valence electrons. The Kier molecular flexibility index (Phi) is 10.0. The van der Waals surface area contributed by atoms with Crippen molar-refractivity contribution in [1.82, 2.24) is 15.2 Å². The highest BCUT2D eigenvalue weighted by atomic mass is 16.2. The van der Waals surface area contributed by atoms with E-state index in [0.717, 1.165) is 24.0 Å². The highest BCUT2D eigenvalue weighted by Crippen LogP contribution is 2.37. The van der Waals surface area contributed by atoms with Gasteiger partial charge in [-0.25, -0.2) is 0 Å². The third-order valence-electron chi connectivity index (χ3n) is 6.40. The van der Waals surface area contributed by atoms with E-state index >= 15 is 0 Å². The molecule has 5 heteroatoms. The molecule has 0 saturated carbocycles. The number of aryl methyl sites for hydroxylation is 1. The molecular weight excluding hydrogens is 434 g/mol. The number of nitrogens with zero attached hydrogens (tertiary/aromatic N) is 2. The number of carbonyl (C=O) groups is 2. The van der Waals surface area contributed by atoms with Gasteiger partial charge in [0.05, 0.1) is 5.92 Å². The minimum atomic E-state index is -0.497. The van der Waals surface area contributed by atoms with Crippen LogP contribution in [0.25, 0.3) is 0 Å². The van der Waals surface area contributed by atoms with Crippen molar-refractivity contribution >= 4 is 11.8 Å². The molecule has 35 heavy (non-hydrogen) atoms. The summed E-state index contributed by atoms with van der Waals surface area (Å²) >= 11 is 0. The quantitative estimate of drug-likeness (QED) is 0.363. The summed E-state index contributed by atoms with van der Waals surface area (Å²) in [6.45, 7) is 7.26. The minimum absolute atomic E-state index is 0.0289. The predicted octanol–water partition coefficient (Wildman–Crippen LogP) is 5.35. The Morgan fingerprint density at radius 3 is 2.17 bits per heavy atom. The van der Waals surface area contributed by atoms with Gasteiger partial charge in [-0.1, -0.05) is 66.7 Å². The molecule has 0 fully saturated rings. The lowest BCUT2D eigenvalue weighted by molar-refractivity contribution is -0.135. The van der Waals surface area contributed by atoms with Gasteiger partial charge in [-0.3, -0.25) is 14.6 Å². The fraction of sp³-hybridized carbons (Fsp3) is 0.367. The SMILES string of the molecule is CCN(C(=O)C(c1cccnc1)C(CC(=O)NCCCc1ccccc1)c1ccccc1)C(C)C. The Bertz CT molecular complexity index is 1040. The number of hydrogen-bond acceptors (Lipinski definition) is 3. The number of nitrogens with one attached hydrogen (secondary N) is 1. The second kappa shape index (κ2) is 13.4. The third-order valence-corrected chi connectivity index (χ3v) is 6.40. The fourth-order valence-corrected chi connectivity index (χ4v) is 4.63. The molecule has 2 aromatic carbocycles. The first-order valence-electron chi connectivity index (χ1n) is 12.6. The normalized spacial score (nSPS) is 12.7. The van der Waals surface area contributed by atoms with Crippen LogP contribution in [-0.4, -0.2) is 40.8 Å². The van der Waals surface area contributed by atoms with Gasteiger partial charge in [0.2, 0.25) is 11.8 Å². The average molecular weight is 472 g/mol.